The summed E-state index contributed by atoms with van der Waals surface area (Å²) in [5.74, 6) is 0. The first-order chi connectivity index (χ1) is 9.45. The van der Waals surface area contributed by atoms with E-state index in [0.717, 1.165) is 0 Å². The molecule has 0 N–H and O–H groups in total. The van der Waals surface area contributed by atoms with Crippen molar-refractivity contribution in [3.63, 3.8) is 0 Å². The van der Waals surface area contributed by atoms with Crippen molar-refractivity contribution in [1.29, 1.82) is 0 Å². The summed E-state index contributed by atoms with van der Waals surface area (Å²) >= 11 is 0. The SMILES string of the molecule is C.[Au].c1ccc([PH+](c2ccccc2)c2ccccc2)cc1. The molecule has 0 aliphatic heterocycles. The summed E-state index contributed by atoms with van der Waals surface area (Å²) in [5, 5.41) is 4.31. The van der Waals surface area contributed by atoms with E-state index in [1.807, 2.05) is 0 Å². The molecule has 0 unspecified atom stereocenters. The Morgan fingerprint density at radius 1 is 0.429 bits per heavy atom. The normalized spacial score (nSPS) is 9.57. The molecule has 0 atom stereocenters. The van der Waals surface area contributed by atoms with Crippen LogP contribution in [0.3, 0.4) is 0 Å². The Balaban J connectivity index is 0.00000110. The van der Waals surface area contributed by atoms with Crippen LogP contribution in [0.2, 0.25) is 0 Å². The quantitative estimate of drug-likeness (QED) is 0.399. The molecular weight excluding hydrogens is 456 g/mol. The Hall–Kier alpha value is -1.17. The summed E-state index contributed by atoms with van der Waals surface area (Å²) in [7, 11) is -0.877. The third kappa shape index (κ3) is 4.40. The van der Waals surface area contributed by atoms with Crippen LogP contribution in [0.4, 0.5) is 0 Å². The molecule has 21 heavy (non-hydrogen) atoms. The minimum atomic E-state index is -0.877. The zero-order valence-corrected chi connectivity index (χ0v) is 14.1. The molecule has 0 saturated heterocycles. The molecule has 111 valence electrons. The van der Waals surface area contributed by atoms with Crippen molar-refractivity contribution in [3.05, 3.63) is 91.0 Å². The van der Waals surface area contributed by atoms with Crippen LogP contribution in [0.15, 0.2) is 91.0 Å². The molecule has 0 fully saturated rings. The average molecular weight is 476 g/mol. The molecule has 0 aliphatic rings. The van der Waals surface area contributed by atoms with Crippen molar-refractivity contribution in [2.24, 2.45) is 0 Å². The van der Waals surface area contributed by atoms with E-state index in [9.17, 15) is 0 Å². The van der Waals surface area contributed by atoms with Gasteiger partial charge in [0.25, 0.3) is 0 Å². The maximum Gasteiger partial charge on any atom is 0.102 e. The molecule has 0 spiro atoms. The second kappa shape index (κ2) is 8.97. The molecule has 3 aromatic carbocycles. The molecule has 1 radical (unpaired) electrons. The third-order valence-corrected chi connectivity index (χ3v) is 5.92. The molecular formula is C19H20AuP+. The van der Waals surface area contributed by atoms with E-state index < -0.39 is 7.92 Å². The smallest absolute Gasteiger partial charge is 0.0776 e. The number of hydrogen-bond donors (Lipinski definition) is 0. The zero-order valence-electron chi connectivity index (χ0n) is 11.0. The summed E-state index contributed by atoms with van der Waals surface area (Å²) in [6, 6.07) is 32.5. The van der Waals surface area contributed by atoms with Crippen LogP contribution in [-0.2, 0) is 22.4 Å². The monoisotopic (exact) mass is 476 g/mol. The van der Waals surface area contributed by atoms with Crippen molar-refractivity contribution >= 4 is 23.8 Å². The third-order valence-electron chi connectivity index (χ3n) is 3.19. The fraction of sp³-hybridized carbons (Fsp3) is 0.0526. The topological polar surface area (TPSA) is 0 Å². The minimum absolute atomic E-state index is 0. The average Bonchev–Trinajstić information content (AvgIpc) is 2.51. The summed E-state index contributed by atoms with van der Waals surface area (Å²) < 4.78 is 0. The Labute approximate surface area is 144 Å². The van der Waals surface area contributed by atoms with Crippen LogP contribution < -0.4 is 15.9 Å². The Bertz CT molecular complexity index is 530. The maximum atomic E-state index is 2.24. The van der Waals surface area contributed by atoms with Gasteiger partial charge >= 0.3 is 0 Å². The van der Waals surface area contributed by atoms with E-state index in [0.29, 0.717) is 0 Å². The molecule has 0 heterocycles. The van der Waals surface area contributed by atoms with Gasteiger partial charge in [0.2, 0.25) is 0 Å². The van der Waals surface area contributed by atoms with Gasteiger partial charge in [0.1, 0.15) is 15.9 Å². The molecule has 0 bridgehead atoms. The van der Waals surface area contributed by atoms with E-state index in [-0.39, 0.29) is 29.8 Å². The van der Waals surface area contributed by atoms with Crippen LogP contribution >= 0.6 is 7.92 Å². The number of hydrogen-bond acceptors (Lipinski definition) is 0. The van der Waals surface area contributed by atoms with Gasteiger partial charge in [0, 0.05) is 22.4 Å². The van der Waals surface area contributed by atoms with Crippen LogP contribution in [0, 0.1) is 0 Å². The molecule has 3 aromatic rings. The summed E-state index contributed by atoms with van der Waals surface area (Å²) in [4.78, 5) is 0. The minimum Gasteiger partial charge on any atom is -0.0776 e. The fourth-order valence-corrected chi connectivity index (χ4v) is 4.89. The van der Waals surface area contributed by atoms with Gasteiger partial charge < -0.3 is 0 Å². The zero-order chi connectivity index (χ0) is 12.9. The second-order valence-corrected chi connectivity index (χ2v) is 6.96. The maximum absolute atomic E-state index is 2.24. The predicted octanol–water partition coefficient (Wildman–Crippen LogP) is 3.81. The molecule has 2 heteroatoms. The van der Waals surface area contributed by atoms with Gasteiger partial charge in [-0.1, -0.05) is 62.0 Å². The van der Waals surface area contributed by atoms with Crippen LogP contribution in [0.25, 0.3) is 0 Å². The van der Waals surface area contributed by atoms with E-state index in [2.05, 4.69) is 91.0 Å². The van der Waals surface area contributed by atoms with Crippen LogP contribution in [0.5, 0.6) is 0 Å². The van der Waals surface area contributed by atoms with Gasteiger partial charge in [0.05, 0.1) is 7.92 Å². The molecule has 0 saturated carbocycles. The number of benzene rings is 3. The van der Waals surface area contributed by atoms with Gasteiger partial charge in [-0.05, 0) is 36.4 Å². The Morgan fingerprint density at radius 2 is 0.667 bits per heavy atom. The van der Waals surface area contributed by atoms with E-state index >= 15 is 0 Å². The van der Waals surface area contributed by atoms with Crippen LogP contribution in [0.1, 0.15) is 7.43 Å². The predicted molar refractivity (Wildman–Crippen MR) is 93.3 cm³/mol. The Kier molecular flexibility index (Phi) is 7.64. The largest absolute Gasteiger partial charge is 0.102 e. The fourth-order valence-electron chi connectivity index (χ4n) is 2.31. The number of rotatable bonds is 3. The van der Waals surface area contributed by atoms with Gasteiger partial charge in [-0.15, -0.1) is 0 Å². The first-order valence-electron chi connectivity index (χ1n) is 6.48. The van der Waals surface area contributed by atoms with Gasteiger partial charge in [0.15, 0.2) is 0 Å². The standard InChI is InChI=1S/C18H15P.CH4.Au/c1-4-10-16(11-5-1)19(17-12-6-2-7-13-17)18-14-8-3-9-15-18;;/h1-15H;1H4;/p+1. The van der Waals surface area contributed by atoms with E-state index in [1.165, 1.54) is 15.9 Å². The Morgan fingerprint density at radius 3 is 0.905 bits per heavy atom. The molecule has 0 amide bonds. The van der Waals surface area contributed by atoms with Crippen molar-refractivity contribution < 1.29 is 22.4 Å². The first-order valence-corrected chi connectivity index (χ1v) is 7.98. The van der Waals surface area contributed by atoms with Crippen molar-refractivity contribution in [3.8, 4) is 0 Å². The van der Waals surface area contributed by atoms with Crippen molar-refractivity contribution in [1.82, 2.24) is 0 Å². The summed E-state index contributed by atoms with van der Waals surface area (Å²) in [6.07, 6.45) is 0. The summed E-state index contributed by atoms with van der Waals surface area (Å²) in [5.41, 5.74) is 0. The van der Waals surface area contributed by atoms with Crippen molar-refractivity contribution in [2.45, 2.75) is 7.43 Å². The molecule has 3 rings (SSSR count). The van der Waals surface area contributed by atoms with Crippen LogP contribution in [-0.4, -0.2) is 0 Å². The molecule has 0 nitrogen and oxygen atoms in total. The molecule has 0 aromatic heterocycles. The summed E-state index contributed by atoms with van der Waals surface area (Å²) in [6.45, 7) is 0. The van der Waals surface area contributed by atoms with E-state index in [1.54, 1.807) is 0 Å². The van der Waals surface area contributed by atoms with Gasteiger partial charge in [-0.25, -0.2) is 0 Å². The van der Waals surface area contributed by atoms with Crippen molar-refractivity contribution in [2.75, 3.05) is 0 Å². The first kappa shape index (κ1) is 17.9. The van der Waals surface area contributed by atoms with E-state index in [4.69, 9.17) is 0 Å². The second-order valence-electron chi connectivity index (χ2n) is 4.47. The van der Waals surface area contributed by atoms with Gasteiger partial charge in [-0.2, -0.15) is 0 Å². The van der Waals surface area contributed by atoms with Gasteiger partial charge in [-0.3, -0.25) is 0 Å². The molecule has 0 aliphatic carbocycles.